The summed E-state index contributed by atoms with van der Waals surface area (Å²) < 4.78 is 0. The highest BCUT2D eigenvalue weighted by Crippen LogP contribution is 2.23. The van der Waals surface area contributed by atoms with Crippen LogP contribution in [0, 0.1) is 0 Å². The van der Waals surface area contributed by atoms with Gasteiger partial charge in [0.15, 0.2) is 5.78 Å². The van der Waals surface area contributed by atoms with Crippen molar-refractivity contribution in [3.63, 3.8) is 0 Å². The van der Waals surface area contributed by atoms with Crippen LogP contribution in [0.4, 0.5) is 11.4 Å². The number of hydrogen-bond donors (Lipinski definition) is 2. The van der Waals surface area contributed by atoms with Crippen LogP contribution in [0.1, 0.15) is 27.6 Å². The van der Waals surface area contributed by atoms with Gasteiger partial charge in [-0.3, -0.25) is 4.79 Å². The summed E-state index contributed by atoms with van der Waals surface area (Å²) in [4.78, 5) is 22.6. The smallest absolute Gasteiger partial charge is 0.337 e. The van der Waals surface area contributed by atoms with Crippen molar-refractivity contribution in [1.82, 2.24) is 0 Å². The molecule has 2 aromatic carbocycles. The van der Waals surface area contributed by atoms with Gasteiger partial charge in [0.25, 0.3) is 0 Å². The first kappa shape index (κ1) is 14.1. The van der Waals surface area contributed by atoms with E-state index in [4.69, 9.17) is 11.6 Å². The molecule has 20 heavy (non-hydrogen) atoms. The summed E-state index contributed by atoms with van der Waals surface area (Å²) >= 11 is 5.79. The predicted molar refractivity (Wildman–Crippen MR) is 78.1 cm³/mol. The van der Waals surface area contributed by atoms with Crippen LogP contribution in [0.3, 0.4) is 0 Å². The molecule has 0 saturated carbocycles. The van der Waals surface area contributed by atoms with Gasteiger partial charge in [0, 0.05) is 16.3 Å². The summed E-state index contributed by atoms with van der Waals surface area (Å²) in [5.74, 6) is -1.27. The number of carboxylic acid groups (broad SMARTS) is 1. The maximum absolute atomic E-state index is 11.3. The van der Waals surface area contributed by atoms with Crippen molar-refractivity contribution in [3.8, 4) is 0 Å². The minimum Gasteiger partial charge on any atom is -0.478 e. The van der Waals surface area contributed by atoms with Gasteiger partial charge in [-0.15, -0.1) is 0 Å². The quantitative estimate of drug-likeness (QED) is 0.835. The van der Waals surface area contributed by atoms with E-state index in [2.05, 4.69) is 5.32 Å². The van der Waals surface area contributed by atoms with E-state index in [-0.39, 0.29) is 11.3 Å². The lowest BCUT2D eigenvalue weighted by Crippen LogP contribution is -2.05. The second kappa shape index (κ2) is 5.75. The molecule has 0 spiro atoms. The Morgan fingerprint density at radius 3 is 2.30 bits per heavy atom. The molecule has 0 heterocycles. The Morgan fingerprint density at radius 2 is 1.75 bits per heavy atom. The van der Waals surface area contributed by atoms with E-state index in [9.17, 15) is 14.7 Å². The molecule has 0 aliphatic rings. The van der Waals surface area contributed by atoms with Crippen LogP contribution in [-0.2, 0) is 0 Å². The molecule has 0 amide bonds. The Morgan fingerprint density at radius 1 is 1.10 bits per heavy atom. The van der Waals surface area contributed by atoms with Crippen LogP contribution >= 0.6 is 11.6 Å². The van der Waals surface area contributed by atoms with Crippen molar-refractivity contribution < 1.29 is 14.7 Å². The predicted octanol–water partition coefficient (Wildman–Crippen LogP) is 3.98. The highest BCUT2D eigenvalue weighted by molar-refractivity contribution is 6.30. The number of Topliss-reactive ketones (excluding diaryl/α,β-unsaturated/α-hetero) is 1. The first-order valence-electron chi connectivity index (χ1n) is 5.88. The largest absolute Gasteiger partial charge is 0.478 e. The highest BCUT2D eigenvalue weighted by atomic mass is 35.5. The van der Waals surface area contributed by atoms with Gasteiger partial charge in [-0.1, -0.05) is 11.6 Å². The lowest BCUT2D eigenvalue weighted by Gasteiger charge is -2.10. The monoisotopic (exact) mass is 289 g/mol. The summed E-state index contributed by atoms with van der Waals surface area (Å²) in [5, 5.41) is 12.8. The molecular formula is C15H12ClNO3. The minimum atomic E-state index is -1.09. The van der Waals surface area contributed by atoms with Gasteiger partial charge in [-0.25, -0.2) is 4.79 Å². The van der Waals surface area contributed by atoms with Gasteiger partial charge in [-0.05, 0) is 49.4 Å². The fraction of sp³-hybridized carbons (Fsp3) is 0.0667. The van der Waals surface area contributed by atoms with E-state index in [1.54, 1.807) is 36.4 Å². The van der Waals surface area contributed by atoms with Crippen molar-refractivity contribution in [3.05, 3.63) is 58.6 Å². The molecule has 0 atom stereocenters. The number of ketones is 1. The first-order chi connectivity index (χ1) is 9.47. The normalized spacial score (nSPS) is 10.1. The van der Waals surface area contributed by atoms with Gasteiger partial charge in [0.1, 0.15) is 0 Å². The summed E-state index contributed by atoms with van der Waals surface area (Å²) in [6.07, 6.45) is 0. The molecule has 0 saturated heterocycles. The topological polar surface area (TPSA) is 66.4 Å². The summed E-state index contributed by atoms with van der Waals surface area (Å²) in [6.45, 7) is 1.40. The molecule has 2 aromatic rings. The molecule has 5 heteroatoms. The molecule has 0 aliphatic heterocycles. The number of nitrogens with one attached hydrogen (secondary N) is 1. The molecule has 0 unspecified atom stereocenters. The molecule has 102 valence electrons. The molecule has 0 radical (unpaired) electrons. The van der Waals surface area contributed by atoms with Crippen molar-refractivity contribution in [2.75, 3.05) is 5.32 Å². The fourth-order valence-electron chi connectivity index (χ4n) is 1.74. The Hall–Kier alpha value is -2.33. The van der Waals surface area contributed by atoms with Gasteiger partial charge < -0.3 is 10.4 Å². The maximum Gasteiger partial charge on any atom is 0.337 e. The number of benzene rings is 2. The zero-order chi connectivity index (χ0) is 14.7. The molecule has 0 aromatic heterocycles. The molecule has 4 nitrogen and oxygen atoms in total. The second-order valence-corrected chi connectivity index (χ2v) is 4.69. The molecule has 0 bridgehead atoms. The summed E-state index contributed by atoms with van der Waals surface area (Å²) in [5.41, 5.74) is 1.55. The van der Waals surface area contributed by atoms with E-state index >= 15 is 0 Å². The lowest BCUT2D eigenvalue weighted by atomic mass is 10.1. The van der Waals surface area contributed by atoms with Crippen LogP contribution in [0.25, 0.3) is 0 Å². The second-order valence-electron chi connectivity index (χ2n) is 4.25. The van der Waals surface area contributed by atoms with E-state index in [0.717, 1.165) is 0 Å². The van der Waals surface area contributed by atoms with Gasteiger partial charge in [0.2, 0.25) is 0 Å². The van der Waals surface area contributed by atoms with E-state index in [0.29, 0.717) is 22.0 Å². The van der Waals surface area contributed by atoms with E-state index in [1.807, 2.05) is 0 Å². The maximum atomic E-state index is 11.3. The third kappa shape index (κ3) is 3.16. The van der Waals surface area contributed by atoms with Gasteiger partial charge in [-0.2, -0.15) is 0 Å². The Labute approximate surface area is 121 Å². The van der Waals surface area contributed by atoms with E-state index in [1.165, 1.54) is 13.0 Å². The molecule has 2 rings (SSSR count). The minimum absolute atomic E-state index is 0.0488. The number of halogens is 1. The highest BCUT2D eigenvalue weighted by Gasteiger charge is 2.13. The average molecular weight is 290 g/mol. The van der Waals surface area contributed by atoms with Gasteiger partial charge in [0.05, 0.1) is 11.3 Å². The standard InChI is InChI=1S/C15H12ClNO3/c1-9(18)10-2-7-14(13(8-10)15(19)20)17-12-5-3-11(16)4-6-12/h2-8,17H,1H3,(H,19,20). The number of rotatable bonds is 4. The average Bonchev–Trinajstić information content (AvgIpc) is 2.41. The number of anilines is 2. The van der Waals surface area contributed by atoms with E-state index < -0.39 is 5.97 Å². The summed E-state index contributed by atoms with van der Waals surface area (Å²) in [7, 11) is 0. The molecule has 2 N–H and O–H groups in total. The Balaban J connectivity index is 2.38. The van der Waals surface area contributed by atoms with Gasteiger partial charge >= 0.3 is 5.97 Å². The van der Waals surface area contributed by atoms with Crippen LogP contribution in [0.2, 0.25) is 5.02 Å². The Kier molecular flexibility index (Phi) is 4.05. The Bertz CT molecular complexity index is 665. The zero-order valence-electron chi connectivity index (χ0n) is 10.7. The third-order valence-corrected chi connectivity index (χ3v) is 3.03. The molecular weight excluding hydrogens is 278 g/mol. The SMILES string of the molecule is CC(=O)c1ccc(Nc2ccc(Cl)cc2)c(C(=O)O)c1. The van der Waals surface area contributed by atoms with Crippen molar-refractivity contribution in [1.29, 1.82) is 0 Å². The third-order valence-electron chi connectivity index (χ3n) is 2.78. The summed E-state index contributed by atoms with van der Waals surface area (Å²) in [6, 6.07) is 11.4. The van der Waals surface area contributed by atoms with Crippen molar-refractivity contribution in [2.24, 2.45) is 0 Å². The number of carbonyl (C=O) groups excluding carboxylic acids is 1. The van der Waals surface area contributed by atoms with Crippen LogP contribution in [-0.4, -0.2) is 16.9 Å². The van der Waals surface area contributed by atoms with Crippen LogP contribution in [0.15, 0.2) is 42.5 Å². The van der Waals surface area contributed by atoms with Crippen LogP contribution in [0.5, 0.6) is 0 Å². The lowest BCUT2D eigenvalue weighted by molar-refractivity contribution is 0.0698. The zero-order valence-corrected chi connectivity index (χ0v) is 11.4. The number of carboxylic acids is 1. The fourth-order valence-corrected chi connectivity index (χ4v) is 1.86. The number of carbonyl (C=O) groups is 2. The van der Waals surface area contributed by atoms with Crippen molar-refractivity contribution >= 4 is 34.7 Å². The number of aromatic carboxylic acids is 1. The van der Waals surface area contributed by atoms with Crippen LogP contribution < -0.4 is 5.32 Å². The van der Waals surface area contributed by atoms with Crippen molar-refractivity contribution in [2.45, 2.75) is 6.92 Å². The number of hydrogen-bond acceptors (Lipinski definition) is 3. The first-order valence-corrected chi connectivity index (χ1v) is 6.26. The molecule has 0 fully saturated rings. The molecule has 0 aliphatic carbocycles.